The third-order valence-electron chi connectivity index (χ3n) is 3.70. The highest BCUT2D eigenvalue weighted by Gasteiger charge is 2.19. The number of benzene rings is 1. The highest BCUT2D eigenvalue weighted by atomic mass is 16.5. The third-order valence-corrected chi connectivity index (χ3v) is 3.70. The Hall–Kier alpha value is -1.26. The van der Waals surface area contributed by atoms with E-state index in [1.54, 1.807) is 6.07 Å². The fourth-order valence-corrected chi connectivity index (χ4v) is 2.57. The van der Waals surface area contributed by atoms with Gasteiger partial charge in [0.2, 0.25) is 0 Å². The second kappa shape index (κ2) is 6.26. The zero-order chi connectivity index (χ0) is 13.8. The molecule has 2 unspecified atom stereocenters. The zero-order valence-electron chi connectivity index (χ0n) is 11.8. The van der Waals surface area contributed by atoms with Gasteiger partial charge in [0.05, 0.1) is 6.10 Å². The van der Waals surface area contributed by atoms with Crippen LogP contribution in [-0.4, -0.2) is 30.9 Å². The van der Waals surface area contributed by atoms with Crippen molar-refractivity contribution in [1.29, 1.82) is 0 Å². The average Bonchev–Trinajstić information content (AvgIpc) is 2.88. The molecule has 0 radical (unpaired) electrons. The molecule has 0 spiro atoms. The largest absolute Gasteiger partial charge is 0.508 e. The van der Waals surface area contributed by atoms with Crippen molar-refractivity contribution in [2.45, 2.75) is 38.8 Å². The number of likely N-dealkylation sites (N-methyl/N-ethyl adjacent to an activating group) is 1. The minimum absolute atomic E-state index is 0.151. The monoisotopic (exact) mass is 264 g/mol. The highest BCUT2D eigenvalue weighted by Crippen LogP contribution is 2.28. The number of nitrogens with two attached hydrogens (primary N) is 1. The molecule has 2 atom stereocenters. The van der Waals surface area contributed by atoms with E-state index in [0.717, 1.165) is 43.8 Å². The molecule has 19 heavy (non-hydrogen) atoms. The predicted octanol–water partition coefficient (Wildman–Crippen LogP) is 2.42. The molecule has 1 aromatic rings. The van der Waals surface area contributed by atoms with Gasteiger partial charge in [0, 0.05) is 43.1 Å². The first-order valence-electron chi connectivity index (χ1n) is 7.07. The van der Waals surface area contributed by atoms with Crippen LogP contribution in [0, 0.1) is 0 Å². The molecule has 1 aromatic carbocycles. The Balaban J connectivity index is 2.11. The predicted molar refractivity (Wildman–Crippen MR) is 77.6 cm³/mol. The van der Waals surface area contributed by atoms with Crippen LogP contribution in [0.3, 0.4) is 0 Å². The molecular weight excluding hydrogens is 240 g/mol. The molecule has 1 aliphatic heterocycles. The Morgan fingerprint density at radius 3 is 2.84 bits per heavy atom. The van der Waals surface area contributed by atoms with Crippen molar-refractivity contribution >= 4 is 5.69 Å². The Morgan fingerprint density at radius 2 is 2.32 bits per heavy atom. The molecule has 1 saturated heterocycles. The van der Waals surface area contributed by atoms with Gasteiger partial charge in [-0.15, -0.1) is 0 Å². The normalized spacial score (nSPS) is 20.5. The molecule has 4 nitrogen and oxygen atoms in total. The molecule has 3 N–H and O–H groups in total. The van der Waals surface area contributed by atoms with Gasteiger partial charge in [-0.05, 0) is 32.8 Å². The molecule has 1 aliphatic rings. The van der Waals surface area contributed by atoms with Gasteiger partial charge in [0.15, 0.2) is 0 Å². The van der Waals surface area contributed by atoms with E-state index in [2.05, 4.69) is 11.8 Å². The number of hydrogen-bond acceptors (Lipinski definition) is 4. The number of nitrogens with zero attached hydrogens (tertiary/aromatic N) is 1. The smallest absolute Gasteiger partial charge is 0.122 e. The Morgan fingerprint density at radius 1 is 1.53 bits per heavy atom. The van der Waals surface area contributed by atoms with Gasteiger partial charge >= 0.3 is 0 Å². The van der Waals surface area contributed by atoms with Crippen molar-refractivity contribution in [3.8, 4) is 5.75 Å². The zero-order valence-corrected chi connectivity index (χ0v) is 11.8. The Kier molecular flexibility index (Phi) is 4.66. The third kappa shape index (κ3) is 3.39. The van der Waals surface area contributed by atoms with Gasteiger partial charge in [0.1, 0.15) is 5.75 Å². The van der Waals surface area contributed by atoms with Crippen molar-refractivity contribution in [2.75, 3.05) is 24.6 Å². The topological polar surface area (TPSA) is 58.7 Å². The summed E-state index contributed by atoms with van der Waals surface area (Å²) in [6.45, 7) is 6.64. The van der Waals surface area contributed by atoms with Crippen molar-refractivity contribution in [1.82, 2.24) is 0 Å². The van der Waals surface area contributed by atoms with Gasteiger partial charge in [0.25, 0.3) is 0 Å². The molecule has 1 fully saturated rings. The number of anilines is 1. The van der Waals surface area contributed by atoms with Gasteiger partial charge < -0.3 is 20.5 Å². The second-order valence-corrected chi connectivity index (χ2v) is 5.21. The lowest BCUT2D eigenvalue weighted by atomic mass is 10.1. The van der Waals surface area contributed by atoms with Gasteiger partial charge in [-0.25, -0.2) is 0 Å². The molecule has 0 aliphatic carbocycles. The highest BCUT2D eigenvalue weighted by molar-refractivity contribution is 5.54. The molecule has 0 amide bonds. The van der Waals surface area contributed by atoms with Crippen LogP contribution in [0.4, 0.5) is 5.69 Å². The van der Waals surface area contributed by atoms with Crippen LogP contribution in [-0.2, 0) is 4.74 Å². The van der Waals surface area contributed by atoms with Gasteiger partial charge in [-0.3, -0.25) is 0 Å². The van der Waals surface area contributed by atoms with E-state index in [1.165, 1.54) is 0 Å². The summed E-state index contributed by atoms with van der Waals surface area (Å²) in [5, 5.41) is 10.0. The summed E-state index contributed by atoms with van der Waals surface area (Å²) in [4.78, 5) is 2.24. The first-order valence-corrected chi connectivity index (χ1v) is 7.07. The van der Waals surface area contributed by atoms with Crippen LogP contribution in [0.2, 0.25) is 0 Å². The lowest BCUT2D eigenvalue weighted by Gasteiger charge is -2.26. The quantitative estimate of drug-likeness (QED) is 0.857. The number of phenols is 1. The first kappa shape index (κ1) is 14.2. The van der Waals surface area contributed by atoms with E-state index >= 15 is 0 Å². The summed E-state index contributed by atoms with van der Waals surface area (Å²) in [6.07, 6.45) is 2.59. The van der Waals surface area contributed by atoms with Crippen LogP contribution in [0.25, 0.3) is 0 Å². The minimum atomic E-state index is -0.151. The fourth-order valence-electron chi connectivity index (χ4n) is 2.57. The second-order valence-electron chi connectivity index (χ2n) is 5.21. The SMILES string of the molecule is CCN(CC1CCCO1)c1ccc(C(C)N)c(O)c1. The van der Waals surface area contributed by atoms with Crippen molar-refractivity contribution in [2.24, 2.45) is 5.73 Å². The lowest BCUT2D eigenvalue weighted by Crippen LogP contribution is -2.32. The van der Waals surface area contributed by atoms with E-state index in [1.807, 2.05) is 19.1 Å². The van der Waals surface area contributed by atoms with Crippen LogP contribution < -0.4 is 10.6 Å². The molecule has 0 saturated carbocycles. The molecule has 1 heterocycles. The van der Waals surface area contributed by atoms with E-state index in [9.17, 15) is 5.11 Å². The summed E-state index contributed by atoms with van der Waals surface area (Å²) >= 11 is 0. The fraction of sp³-hybridized carbons (Fsp3) is 0.600. The molecule has 0 bridgehead atoms. The van der Waals surface area contributed by atoms with E-state index in [4.69, 9.17) is 10.5 Å². The lowest BCUT2D eigenvalue weighted by molar-refractivity contribution is 0.115. The number of hydrogen-bond donors (Lipinski definition) is 2. The number of aromatic hydroxyl groups is 1. The summed E-state index contributed by atoms with van der Waals surface area (Å²) in [5.74, 6) is 0.276. The number of phenolic OH excluding ortho intramolecular Hbond substituents is 1. The Bertz CT molecular complexity index is 415. The molecule has 2 rings (SSSR count). The average molecular weight is 264 g/mol. The first-order chi connectivity index (χ1) is 9.11. The maximum absolute atomic E-state index is 10.0. The van der Waals surface area contributed by atoms with E-state index in [0.29, 0.717) is 6.10 Å². The maximum Gasteiger partial charge on any atom is 0.122 e. The van der Waals surface area contributed by atoms with Crippen molar-refractivity contribution < 1.29 is 9.84 Å². The van der Waals surface area contributed by atoms with Crippen LogP contribution >= 0.6 is 0 Å². The minimum Gasteiger partial charge on any atom is -0.508 e. The number of rotatable bonds is 5. The Labute approximate surface area is 115 Å². The summed E-state index contributed by atoms with van der Waals surface area (Å²) in [6, 6.07) is 5.59. The molecule has 0 aromatic heterocycles. The number of ether oxygens (including phenoxy) is 1. The summed E-state index contributed by atoms with van der Waals surface area (Å²) < 4.78 is 5.67. The molecular formula is C15H24N2O2. The maximum atomic E-state index is 10.0. The van der Waals surface area contributed by atoms with Crippen molar-refractivity contribution in [3.63, 3.8) is 0 Å². The van der Waals surface area contributed by atoms with Crippen molar-refractivity contribution in [3.05, 3.63) is 23.8 Å². The standard InChI is InChI=1S/C15H24N2O2/c1-3-17(10-13-5-4-8-19-13)12-6-7-14(11(2)16)15(18)9-12/h6-7,9,11,13,18H,3-5,8,10,16H2,1-2H3. The summed E-state index contributed by atoms with van der Waals surface area (Å²) in [5.41, 5.74) is 7.63. The molecule has 4 heteroatoms. The van der Waals surface area contributed by atoms with Crippen LogP contribution in [0.5, 0.6) is 5.75 Å². The van der Waals surface area contributed by atoms with E-state index < -0.39 is 0 Å². The van der Waals surface area contributed by atoms with Gasteiger partial charge in [-0.2, -0.15) is 0 Å². The van der Waals surface area contributed by atoms with Crippen LogP contribution in [0.1, 0.15) is 38.3 Å². The van der Waals surface area contributed by atoms with Gasteiger partial charge in [-0.1, -0.05) is 6.07 Å². The van der Waals surface area contributed by atoms with Crippen LogP contribution in [0.15, 0.2) is 18.2 Å². The molecule has 106 valence electrons. The summed E-state index contributed by atoms with van der Waals surface area (Å²) in [7, 11) is 0. The van der Waals surface area contributed by atoms with E-state index in [-0.39, 0.29) is 11.8 Å².